The Labute approximate surface area is 156 Å². The second-order valence-corrected chi connectivity index (χ2v) is 7.02. The van der Waals surface area contributed by atoms with E-state index in [2.05, 4.69) is 14.9 Å². The summed E-state index contributed by atoms with van der Waals surface area (Å²) in [5.41, 5.74) is 1.63. The van der Waals surface area contributed by atoms with Crippen LogP contribution in [0.25, 0.3) is 10.3 Å². The smallest absolute Gasteiger partial charge is 0.253 e. The third-order valence-electron chi connectivity index (χ3n) is 4.40. The number of piperazine rings is 1. The van der Waals surface area contributed by atoms with Crippen LogP contribution in [0.4, 0.5) is 5.13 Å². The number of thiazole rings is 1. The van der Waals surface area contributed by atoms with Crippen molar-refractivity contribution in [1.82, 2.24) is 14.9 Å². The zero-order valence-electron chi connectivity index (χ0n) is 14.6. The van der Waals surface area contributed by atoms with Gasteiger partial charge in [0.15, 0.2) is 5.13 Å². The Morgan fingerprint density at radius 1 is 1.15 bits per heavy atom. The number of carbonyl (C=O) groups excluding carboxylic acids is 1. The number of rotatable bonds is 4. The van der Waals surface area contributed by atoms with Gasteiger partial charge in [-0.05, 0) is 43.3 Å². The average Bonchev–Trinajstić information content (AvgIpc) is 3.13. The lowest BCUT2D eigenvalue weighted by atomic mass is 10.1. The summed E-state index contributed by atoms with van der Waals surface area (Å²) in [7, 11) is 0. The molecule has 6 nitrogen and oxygen atoms in total. The third-order valence-corrected chi connectivity index (χ3v) is 5.44. The molecule has 0 saturated carbocycles. The van der Waals surface area contributed by atoms with Crippen molar-refractivity contribution in [2.24, 2.45) is 0 Å². The van der Waals surface area contributed by atoms with E-state index in [1.165, 1.54) is 0 Å². The van der Waals surface area contributed by atoms with E-state index in [1.54, 1.807) is 17.5 Å². The topological polar surface area (TPSA) is 58.6 Å². The van der Waals surface area contributed by atoms with Crippen LogP contribution >= 0.6 is 11.3 Å². The summed E-state index contributed by atoms with van der Waals surface area (Å²) in [6, 6.07) is 11.2. The Balaban J connectivity index is 1.40. The van der Waals surface area contributed by atoms with Gasteiger partial charge in [0.05, 0.1) is 6.61 Å². The summed E-state index contributed by atoms with van der Waals surface area (Å²) in [5.74, 6) is 0.858. The van der Waals surface area contributed by atoms with Crippen LogP contribution in [0, 0.1) is 0 Å². The van der Waals surface area contributed by atoms with Crippen LogP contribution in [0.15, 0.2) is 42.6 Å². The largest absolute Gasteiger partial charge is 0.494 e. The third kappa shape index (κ3) is 3.35. The Bertz CT molecular complexity index is 868. The van der Waals surface area contributed by atoms with Crippen molar-refractivity contribution in [3.8, 4) is 5.75 Å². The van der Waals surface area contributed by atoms with Crippen LogP contribution in [0.5, 0.6) is 5.75 Å². The first-order chi connectivity index (χ1) is 12.7. The number of ether oxygens (including phenoxy) is 1. The molecule has 7 heteroatoms. The summed E-state index contributed by atoms with van der Waals surface area (Å²) < 4.78 is 5.43. The van der Waals surface area contributed by atoms with Gasteiger partial charge in [-0.25, -0.2) is 9.97 Å². The van der Waals surface area contributed by atoms with Gasteiger partial charge in [0, 0.05) is 37.9 Å². The Hall–Kier alpha value is -2.67. The van der Waals surface area contributed by atoms with Crippen molar-refractivity contribution in [1.29, 1.82) is 0 Å². The molecular weight excluding hydrogens is 348 g/mol. The van der Waals surface area contributed by atoms with Gasteiger partial charge in [-0.2, -0.15) is 0 Å². The molecule has 1 aromatic carbocycles. The number of nitrogens with zero attached hydrogens (tertiary/aromatic N) is 4. The highest BCUT2D eigenvalue weighted by Gasteiger charge is 2.24. The van der Waals surface area contributed by atoms with E-state index in [0.29, 0.717) is 25.3 Å². The van der Waals surface area contributed by atoms with E-state index in [4.69, 9.17) is 4.74 Å². The lowest BCUT2D eigenvalue weighted by Gasteiger charge is -2.34. The molecule has 0 N–H and O–H groups in total. The van der Waals surface area contributed by atoms with Crippen molar-refractivity contribution in [2.45, 2.75) is 6.92 Å². The average molecular weight is 368 g/mol. The molecule has 0 bridgehead atoms. The number of fused-ring (bicyclic) bond motifs is 1. The van der Waals surface area contributed by atoms with Crippen LogP contribution < -0.4 is 9.64 Å². The van der Waals surface area contributed by atoms with Crippen molar-refractivity contribution in [3.05, 3.63) is 48.2 Å². The first kappa shape index (κ1) is 16.8. The predicted molar refractivity (Wildman–Crippen MR) is 103 cm³/mol. The zero-order valence-corrected chi connectivity index (χ0v) is 15.4. The number of anilines is 1. The molecule has 134 valence electrons. The second-order valence-electron chi connectivity index (χ2n) is 6.06. The first-order valence-corrected chi connectivity index (χ1v) is 9.55. The van der Waals surface area contributed by atoms with Gasteiger partial charge >= 0.3 is 0 Å². The minimum absolute atomic E-state index is 0.0682. The van der Waals surface area contributed by atoms with E-state index < -0.39 is 0 Å². The second kappa shape index (κ2) is 7.29. The Kier molecular flexibility index (Phi) is 4.71. The van der Waals surface area contributed by atoms with E-state index in [0.717, 1.165) is 34.3 Å². The van der Waals surface area contributed by atoms with Crippen LogP contribution in [0.2, 0.25) is 0 Å². The quantitative estimate of drug-likeness (QED) is 0.708. The van der Waals surface area contributed by atoms with Gasteiger partial charge in [0.25, 0.3) is 5.91 Å². The van der Waals surface area contributed by atoms with E-state index in [9.17, 15) is 4.79 Å². The first-order valence-electron chi connectivity index (χ1n) is 8.73. The van der Waals surface area contributed by atoms with Crippen LogP contribution in [-0.2, 0) is 0 Å². The number of aromatic nitrogens is 2. The standard InChI is InChI=1S/C19H20N4O2S/c1-2-25-15-7-5-14(6-8-15)18(24)22-10-12-23(13-11-22)19-21-16-4-3-9-20-17(16)26-19/h3-9H,2,10-13H2,1H3. The molecule has 3 heterocycles. The summed E-state index contributed by atoms with van der Waals surface area (Å²) in [5, 5.41) is 0.979. The Morgan fingerprint density at radius 2 is 1.92 bits per heavy atom. The summed E-state index contributed by atoms with van der Waals surface area (Å²) in [6.07, 6.45) is 1.79. The molecular formula is C19H20N4O2S. The van der Waals surface area contributed by atoms with Gasteiger partial charge in [0.1, 0.15) is 16.1 Å². The molecule has 0 unspecified atom stereocenters. The molecule has 3 aromatic rings. The Morgan fingerprint density at radius 3 is 2.62 bits per heavy atom. The van der Waals surface area contributed by atoms with E-state index in [-0.39, 0.29) is 5.91 Å². The number of amides is 1. The minimum Gasteiger partial charge on any atom is -0.494 e. The number of hydrogen-bond acceptors (Lipinski definition) is 6. The van der Waals surface area contributed by atoms with E-state index >= 15 is 0 Å². The predicted octanol–water partition coefficient (Wildman–Crippen LogP) is 3.05. The maximum Gasteiger partial charge on any atom is 0.253 e. The lowest BCUT2D eigenvalue weighted by Crippen LogP contribution is -2.48. The molecule has 1 saturated heterocycles. The number of carbonyl (C=O) groups is 1. The van der Waals surface area contributed by atoms with Gasteiger partial charge in [-0.1, -0.05) is 11.3 Å². The van der Waals surface area contributed by atoms with Crippen LogP contribution in [0.3, 0.4) is 0 Å². The lowest BCUT2D eigenvalue weighted by molar-refractivity contribution is 0.0746. The molecule has 2 aromatic heterocycles. The number of benzene rings is 1. The molecule has 1 aliphatic rings. The normalized spacial score (nSPS) is 14.7. The van der Waals surface area contributed by atoms with Crippen molar-refractivity contribution < 1.29 is 9.53 Å². The van der Waals surface area contributed by atoms with Crippen LogP contribution in [-0.4, -0.2) is 53.6 Å². The fraction of sp³-hybridized carbons (Fsp3) is 0.316. The highest BCUT2D eigenvalue weighted by Crippen LogP contribution is 2.27. The zero-order chi connectivity index (χ0) is 17.9. The molecule has 0 aliphatic carbocycles. The van der Waals surface area contributed by atoms with Gasteiger partial charge in [-0.3, -0.25) is 4.79 Å². The number of hydrogen-bond donors (Lipinski definition) is 0. The molecule has 0 radical (unpaired) electrons. The molecule has 1 amide bonds. The summed E-state index contributed by atoms with van der Waals surface area (Å²) >= 11 is 1.60. The molecule has 0 spiro atoms. The molecule has 26 heavy (non-hydrogen) atoms. The maximum absolute atomic E-state index is 12.7. The molecule has 0 atom stereocenters. The monoisotopic (exact) mass is 368 g/mol. The van der Waals surface area contributed by atoms with Crippen molar-refractivity contribution >= 4 is 32.7 Å². The van der Waals surface area contributed by atoms with Crippen molar-refractivity contribution in [2.75, 3.05) is 37.7 Å². The highest BCUT2D eigenvalue weighted by molar-refractivity contribution is 7.21. The number of pyridine rings is 1. The summed E-state index contributed by atoms with van der Waals surface area (Å²) in [4.78, 5) is 26.8. The van der Waals surface area contributed by atoms with Crippen LogP contribution in [0.1, 0.15) is 17.3 Å². The van der Waals surface area contributed by atoms with Gasteiger partial charge in [-0.15, -0.1) is 0 Å². The highest BCUT2D eigenvalue weighted by atomic mass is 32.1. The van der Waals surface area contributed by atoms with Crippen molar-refractivity contribution in [3.63, 3.8) is 0 Å². The summed E-state index contributed by atoms with van der Waals surface area (Å²) in [6.45, 7) is 5.51. The maximum atomic E-state index is 12.7. The minimum atomic E-state index is 0.0682. The SMILES string of the molecule is CCOc1ccc(C(=O)N2CCN(c3nc4cccnc4s3)CC2)cc1. The van der Waals surface area contributed by atoms with E-state index in [1.807, 2.05) is 48.2 Å². The fourth-order valence-corrected chi connectivity index (χ4v) is 4.00. The van der Waals surface area contributed by atoms with Gasteiger partial charge < -0.3 is 14.5 Å². The molecule has 4 rings (SSSR count). The molecule has 1 fully saturated rings. The fourth-order valence-electron chi connectivity index (χ4n) is 3.04. The molecule has 1 aliphatic heterocycles. The van der Waals surface area contributed by atoms with Gasteiger partial charge in [0.2, 0.25) is 0 Å².